The second-order valence-corrected chi connectivity index (χ2v) is 7.37. The van der Waals surface area contributed by atoms with Crippen molar-refractivity contribution in [2.75, 3.05) is 0 Å². The van der Waals surface area contributed by atoms with Crippen LogP contribution >= 0.6 is 0 Å². The first-order valence-corrected chi connectivity index (χ1v) is 8.77. The first-order valence-electron chi connectivity index (χ1n) is 8.77. The molecular formula is C20H23N5O2. The van der Waals surface area contributed by atoms with Crippen LogP contribution in [-0.4, -0.2) is 26.3 Å². The number of carbonyl (C=O) groups is 1. The Labute approximate surface area is 157 Å². The standard InChI is InChI=1S/C20H23N5O2/c1-20(2,3)23-19(27)22-12-17-15-8-4-5-9-16(15)18(26)25(24-17)13-14-7-6-10-21-11-14/h4-11H,12-13H2,1-3H3,(H2,22,23,27). The SMILES string of the molecule is CC(C)(C)NC(=O)NCc1nn(Cc2cccnc2)c(=O)c2ccccc12. The summed E-state index contributed by atoms with van der Waals surface area (Å²) in [5.41, 5.74) is 1.01. The van der Waals surface area contributed by atoms with Gasteiger partial charge in [-0.25, -0.2) is 9.48 Å². The van der Waals surface area contributed by atoms with E-state index in [1.165, 1.54) is 4.68 Å². The van der Waals surface area contributed by atoms with Gasteiger partial charge in [-0.3, -0.25) is 9.78 Å². The lowest BCUT2D eigenvalue weighted by Crippen LogP contribution is -2.46. The van der Waals surface area contributed by atoms with Crippen LogP contribution in [0.1, 0.15) is 32.0 Å². The molecule has 0 radical (unpaired) electrons. The molecule has 0 saturated heterocycles. The Kier molecular flexibility index (Phi) is 5.21. The summed E-state index contributed by atoms with van der Waals surface area (Å²) in [7, 11) is 0. The molecular weight excluding hydrogens is 342 g/mol. The molecule has 7 heteroatoms. The molecule has 0 unspecified atom stereocenters. The van der Waals surface area contributed by atoms with E-state index in [1.54, 1.807) is 18.5 Å². The van der Waals surface area contributed by atoms with Gasteiger partial charge in [-0.2, -0.15) is 5.10 Å². The number of rotatable bonds is 4. The fraction of sp³-hybridized carbons (Fsp3) is 0.300. The number of amides is 2. The van der Waals surface area contributed by atoms with Crippen molar-refractivity contribution in [2.24, 2.45) is 0 Å². The van der Waals surface area contributed by atoms with Crippen LogP contribution < -0.4 is 16.2 Å². The van der Waals surface area contributed by atoms with Crippen LogP contribution in [0.3, 0.4) is 0 Å². The van der Waals surface area contributed by atoms with E-state index in [2.05, 4.69) is 20.7 Å². The molecule has 27 heavy (non-hydrogen) atoms. The van der Waals surface area contributed by atoms with E-state index in [0.717, 1.165) is 10.9 Å². The summed E-state index contributed by atoms with van der Waals surface area (Å²) in [6.45, 7) is 6.27. The van der Waals surface area contributed by atoms with E-state index < -0.39 is 0 Å². The zero-order valence-electron chi connectivity index (χ0n) is 15.7. The van der Waals surface area contributed by atoms with Gasteiger partial charge in [0.15, 0.2) is 0 Å². The van der Waals surface area contributed by atoms with Crippen molar-refractivity contribution in [1.82, 2.24) is 25.4 Å². The lowest BCUT2D eigenvalue weighted by atomic mass is 10.1. The minimum Gasteiger partial charge on any atom is -0.334 e. The van der Waals surface area contributed by atoms with Crippen LogP contribution in [0.15, 0.2) is 53.6 Å². The number of urea groups is 1. The zero-order valence-corrected chi connectivity index (χ0v) is 15.7. The minimum atomic E-state index is -0.335. The third kappa shape index (κ3) is 4.69. The summed E-state index contributed by atoms with van der Waals surface area (Å²) in [6, 6.07) is 10.7. The minimum absolute atomic E-state index is 0.169. The van der Waals surface area contributed by atoms with Gasteiger partial charge in [0.25, 0.3) is 5.56 Å². The van der Waals surface area contributed by atoms with Gasteiger partial charge in [-0.15, -0.1) is 0 Å². The number of aromatic nitrogens is 3. The van der Waals surface area contributed by atoms with E-state index in [4.69, 9.17) is 0 Å². The maximum absolute atomic E-state index is 12.8. The maximum Gasteiger partial charge on any atom is 0.315 e. The van der Waals surface area contributed by atoms with Gasteiger partial charge in [0, 0.05) is 23.3 Å². The highest BCUT2D eigenvalue weighted by molar-refractivity contribution is 5.84. The number of hydrogen-bond donors (Lipinski definition) is 2. The van der Waals surface area contributed by atoms with Crippen molar-refractivity contribution in [3.8, 4) is 0 Å². The van der Waals surface area contributed by atoms with Crippen molar-refractivity contribution in [2.45, 2.75) is 39.4 Å². The molecule has 140 valence electrons. The number of benzene rings is 1. The average molecular weight is 365 g/mol. The van der Waals surface area contributed by atoms with Crippen LogP contribution in [0.25, 0.3) is 10.8 Å². The van der Waals surface area contributed by atoms with E-state index >= 15 is 0 Å². The summed E-state index contributed by atoms with van der Waals surface area (Å²) in [5.74, 6) is 0. The highest BCUT2D eigenvalue weighted by atomic mass is 16.2. The Bertz CT molecular complexity index is 1010. The summed E-state index contributed by atoms with van der Waals surface area (Å²) in [4.78, 5) is 29.0. The first kappa shape index (κ1) is 18.6. The molecule has 0 bridgehead atoms. The number of nitrogens with zero attached hydrogens (tertiary/aromatic N) is 3. The van der Waals surface area contributed by atoms with Crippen LogP contribution in [0, 0.1) is 0 Å². The zero-order chi connectivity index (χ0) is 19.4. The van der Waals surface area contributed by atoms with Gasteiger partial charge >= 0.3 is 6.03 Å². The van der Waals surface area contributed by atoms with E-state index in [0.29, 0.717) is 17.6 Å². The van der Waals surface area contributed by atoms with E-state index in [9.17, 15) is 9.59 Å². The van der Waals surface area contributed by atoms with Gasteiger partial charge < -0.3 is 10.6 Å². The molecule has 7 nitrogen and oxygen atoms in total. The lowest BCUT2D eigenvalue weighted by molar-refractivity contribution is 0.231. The van der Waals surface area contributed by atoms with Crippen LogP contribution in [0.4, 0.5) is 4.79 Å². The third-order valence-corrected chi connectivity index (χ3v) is 3.90. The van der Waals surface area contributed by atoms with Gasteiger partial charge in [0.1, 0.15) is 0 Å². The van der Waals surface area contributed by atoms with Gasteiger partial charge in [0.2, 0.25) is 0 Å². The topological polar surface area (TPSA) is 88.9 Å². The molecule has 2 heterocycles. The highest BCUT2D eigenvalue weighted by Gasteiger charge is 2.15. The molecule has 0 aliphatic rings. The Hall–Kier alpha value is -3.22. The average Bonchev–Trinajstić information content (AvgIpc) is 2.62. The molecule has 0 saturated carbocycles. The molecule has 0 aliphatic heterocycles. The largest absolute Gasteiger partial charge is 0.334 e. The fourth-order valence-electron chi connectivity index (χ4n) is 2.76. The monoisotopic (exact) mass is 365 g/mol. The highest BCUT2D eigenvalue weighted by Crippen LogP contribution is 2.13. The van der Waals surface area contributed by atoms with Crippen molar-refractivity contribution in [3.05, 3.63) is 70.4 Å². The molecule has 0 spiro atoms. The smallest absolute Gasteiger partial charge is 0.315 e. The number of pyridine rings is 1. The third-order valence-electron chi connectivity index (χ3n) is 3.90. The summed E-state index contributed by atoms with van der Waals surface area (Å²) < 4.78 is 1.41. The maximum atomic E-state index is 12.8. The Balaban J connectivity index is 1.93. The molecule has 0 aliphatic carbocycles. The van der Waals surface area contributed by atoms with Crippen LogP contribution in [0.2, 0.25) is 0 Å². The molecule has 0 fully saturated rings. The van der Waals surface area contributed by atoms with Crippen molar-refractivity contribution in [3.63, 3.8) is 0 Å². The molecule has 2 aromatic heterocycles. The van der Waals surface area contributed by atoms with E-state index in [-0.39, 0.29) is 23.7 Å². The van der Waals surface area contributed by atoms with Crippen molar-refractivity contribution in [1.29, 1.82) is 0 Å². The summed E-state index contributed by atoms with van der Waals surface area (Å²) in [6.07, 6.45) is 3.39. The second kappa shape index (κ2) is 7.57. The van der Waals surface area contributed by atoms with E-state index in [1.807, 2.05) is 51.1 Å². The Morgan fingerprint density at radius 2 is 1.85 bits per heavy atom. The Morgan fingerprint density at radius 3 is 2.52 bits per heavy atom. The van der Waals surface area contributed by atoms with Crippen LogP contribution in [-0.2, 0) is 13.1 Å². The normalized spacial score (nSPS) is 11.4. The molecule has 0 atom stereocenters. The second-order valence-electron chi connectivity index (χ2n) is 7.37. The number of nitrogens with one attached hydrogen (secondary N) is 2. The molecule has 2 N–H and O–H groups in total. The number of hydrogen-bond acceptors (Lipinski definition) is 4. The summed E-state index contributed by atoms with van der Waals surface area (Å²) >= 11 is 0. The fourth-order valence-corrected chi connectivity index (χ4v) is 2.76. The van der Waals surface area contributed by atoms with Crippen LogP contribution in [0.5, 0.6) is 0 Å². The first-order chi connectivity index (χ1) is 12.8. The van der Waals surface area contributed by atoms with Crippen molar-refractivity contribution >= 4 is 16.8 Å². The molecule has 2 amide bonds. The quantitative estimate of drug-likeness (QED) is 0.743. The Morgan fingerprint density at radius 1 is 1.11 bits per heavy atom. The molecule has 1 aromatic carbocycles. The van der Waals surface area contributed by atoms with Gasteiger partial charge in [-0.1, -0.05) is 24.3 Å². The predicted molar refractivity (Wildman–Crippen MR) is 104 cm³/mol. The number of carbonyl (C=O) groups excluding carboxylic acids is 1. The molecule has 3 aromatic rings. The molecule has 3 rings (SSSR count). The number of fused-ring (bicyclic) bond motifs is 1. The van der Waals surface area contributed by atoms with Gasteiger partial charge in [-0.05, 0) is 38.5 Å². The predicted octanol–water partition coefficient (Wildman–Crippen LogP) is 2.44. The summed E-state index contributed by atoms with van der Waals surface area (Å²) in [5, 5.41) is 11.5. The van der Waals surface area contributed by atoms with Crippen molar-refractivity contribution < 1.29 is 4.79 Å². The van der Waals surface area contributed by atoms with Gasteiger partial charge in [0.05, 0.1) is 24.2 Å². The lowest BCUT2D eigenvalue weighted by Gasteiger charge is -2.21.